The van der Waals surface area contributed by atoms with Crippen LogP contribution in [0.1, 0.15) is 0 Å². The van der Waals surface area contributed by atoms with Crippen LogP contribution in [0, 0.1) is 0 Å². The van der Waals surface area contributed by atoms with Gasteiger partial charge in [-0.2, -0.15) is 0 Å². The van der Waals surface area contributed by atoms with Crippen molar-refractivity contribution < 1.29 is 0 Å². The minimum atomic E-state index is 0. The maximum atomic E-state index is 3.47. The summed E-state index contributed by atoms with van der Waals surface area (Å²) in [5.41, 5.74) is 0. The van der Waals surface area contributed by atoms with Crippen LogP contribution in [0.3, 0.4) is 0 Å². The second-order valence-corrected chi connectivity index (χ2v) is 1.32. The zero-order valence-corrected chi connectivity index (χ0v) is 10.7. The molecule has 0 saturated carbocycles. The number of halogens is 1. The minimum absolute atomic E-state index is 0. The summed E-state index contributed by atoms with van der Waals surface area (Å²) >= 11 is 2.23. The van der Waals surface area contributed by atoms with Crippen LogP contribution in [-0.2, 0) is 0 Å². The van der Waals surface area contributed by atoms with Gasteiger partial charge in [0.05, 0.1) is 0 Å². The van der Waals surface area contributed by atoms with Crippen LogP contribution in [0.25, 0.3) is 0 Å². The van der Waals surface area contributed by atoms with Crippen LogP contribution in [0.15, 0.2) is 12.7 Å². The number of alkyl halides is 1. The summed E-state index contributed by atoms with van der Waals surface area (Å²) in [6, 6.07) is 0. The SMILES string of the molecule is C=CCI.[PbH2]. The fraction of sp³-hybridized carbons (Fsp3) is 0.333. The number of hydrogen-bond acceptors (Lipinski definition) is 0. The van der Waals surface area contributed by atoms with Gasteiger partial charge in [0.1, 0.15) is 0 Å². The molecule has 0 aromatic heterocycles. The zero-order valence-electron chi connectivity index (χ0n) is 3.08. The molecule has 2 heteroatoms. The molecule has 2 radical (unpaired) electrons. The Morgan fingerprint density at radius 1 is 1.80 bits per heavy atom. The van der Waals surface area contributed by atoms with Crippen LogP contribution >= 0.6 is 22.6 Å². The standard InChI is InChI=1S/C3H5I.Pb.2H/c1-2-3-4;;;/h2H,1,3H2;;;. The zero-order chi connectivity index (χ0) is 3.41. The first-order valence-electron chi connectivity index (χ1n) is 1.08. The Balaban J connectivity index is 0. The molecule has 5 heavy (non-hydrogen) atoms. The fourth-order valence-corrected chi connectivity index (χ4v) is 0. The molecule has 0 aromatic rings. The Kier molecular flexibility index (Phi) is 17.4. The van der Waals surface area contributed by atoms with Crippen molar-refractivity contribution >= 4 is 49.9 Å². The first-order chi connectivity index (χ1) is 1.91. The van der Waals surface area contributed by atoms with Gasteiger partial charge >= 0.3 is 27.3 Å². The number of hydrogen-bond donors (Lipinski definition) is 0. The Labute approximate surface area is 66.3 Å². The first-order valence-corrected chi connectivity index (χ1v) is 2.61. The van der Waals surface area contributed by atoms with Crippen molar-refractivity contribution in [2.75, 3.05) is 4.43 Å². The van der Waals surface area contributed by atoms with Crippen LogP contribution in [-0.4, -0.2) is 31.7 Å². The number of allylic oxidation sites excluding steroid dienone is 1. The van der Waals surface area contributed by atoms with E-state index in [4.69, 9.17) is 0 Å². The summed E-state index contributed by atoms with van der Waals surface area (Å²) in [6.07, 6.45) is 1.86. The van der Waals surface area contributed by atoms with E-state index in [1.54, 1.807) is 0 Å². The molecule has 0 aliphatic heterocycles. The van der Waals surface area contributed by atoms with Gasteiger partial charge in [-0.15, -0.1) is 6.58 Å². The summed E-state index contributed by atoms with van der Waals surface area (Å²) in [4.78, 5) is 0. The van der Waals surface area contributed by atoms with Crippen LogP contribution < -0.4 is 0 Å². The molecule has 0 nitrogen and oxygen atoms in total. The topological polar surface area (TPSA) is 0 Å². The van der Waals surface area contributed by atoms with Crippen molar-refractivity contribution in [3.8, 4) is 0 Å². The molecule has 0 fully saturated rings. The van der Waals surface area contributed by atoms with Crippen LogP contribution in [0.2, 0.25) is 0 Å². The fourth-order valence-electron chi connectivity index (χ4n) is 0. The maximum absolute atomic E-state index is 3.47. The molecule has 30 valence electrons. The van der Waals surface area contributed by atoms with Gasteiger partial charge in [-0.1, -0.05) is 28.7 Å². The summed E-state index contributed by atoms with van der Waals surface area (Å²) in [5, 5.41) is 0. The van der Waals surface area contributed by atoms with Gasteiger partial charge < -0.3 is 0 Å². The predicted molar refractivity (Wildman–Crippen MR) is 37.6 cm³/mol. The Morgan fingerprint density at radius 2 is 2.00 bits per heavy atom. The average Bonchev–Trinajstić information content (AvgIpc) is 1.37. The van der Waals surface area contributed by atoms with Crippen molar-refractivity contribution in [1.82, 2.24) is 0 Å². The molecule has 0 aliphatic carbocycles. The van der Waals surface area contributed by atoms with E-state index in [1.165, 1.54) is 0 Å². The van der Waals surface area contributed by atoms with E-state index in [9.17, 15) is 0 Å². The quantitative estimate of drug-likeness (QED) is 0.273. The molecule has 0 rings (SSSR count). The summed E-state index contributed by atoms with van der Waals surface area (Å²) in [7, 11) is 0. The molecule has 0 amide bonds. The molecule has 0 heterocycles. The third-order valence-corrected chi connectivity index (χ3v) is 0.732. The molecule has 0 bridgehead atoms. The van der Waals surface area contributed by atoms with Crippen molar-refractivity contribution in [3.05, 3.63) is 12.7 Å². The van der Waals surface area contributed by atoms with Crippen LogP contribution in [0.5, 0.6) is 0 Å². The van der Waals surface area contributed by atoms with Gasteiger partial charge in [-0.3, -0.25) is 0 Å². The molecule has 0 N–H and O–H groups in total. The van der Waals surface area contributed by atoms with E-state index in [1.807, 2.05) is 6.08 Å². The van der Waals surface area contributed by atoms with E-state index in [2.05, 4.69) is 29.2 Å². The molecular formula is C3H7IPb. The van der Waals surface area contributed by atoms with Crippen molar-refractivity contribution in [1.29, 1.82) is 0 Å². The average molecular weight is 377 g/mol. The van der Waals surface area contributed by atoms with E-state index in [0.29, 0.717) is 0 Å². The van der Waals surface area contributed by atoms with Gasteiger partial charge in [0.2, 0.25) is 0 Å². The Bertz CT molecular complexity index is 20.9. The summed E-state index contributed by atoms with van der Waals surface area (Å²) in [5.74, 6) is 0. The second kappa shape index (κ2) is 9.04. The van der Waals surface area contributed by atoms with Crippen molar-refractivity contribution in [2.24, 2.45) is 0 Å². The van der Waals surface area contributed by atoms with Crippen molar-refractivity contribution in [2.45, 2.75) is 0 Å². The third kappa shape index (κ3) is 10.8. The van der Waals surface area contributed by atoms with E-state index < -0.39 is 0 Å². The Hall–Kier alpha value is 1.39. The van der Waals surface area contributed by atoms with Gasteiger partial charge in [0.15, 0.2) is 0 Å². The van der Waals surface area contributed by atoms with E-state index in [0.717, 1.165) is 4.43 Å². The predicted octanol–water partition coefficient (Wildman–Crippen LogP) is 0.691. The van der Waals surface area contributed by atoms with E-state index >= 15 is 0 Å². The summed E-state index contributed by atoms with van der Waals surface area (Å²) < 4.78 is 1.05. The van der Waals surface area contributed by atoms with Crippen molar-refractivity contribution in [3.63, 3.8) is 0 Å². The molecule has 0 atom stereocenters. The van der Waals surface area contributed by atoms with Gasteiger partial charge in [0.25, 0.3) is 0 Å². The van der Waals surface area contributed by atoms with Gasteiger partial charge in [-0.05, 0) is 0 Å². The summed E-state index contributed by atoms with van der Waals surface area (Å²) in [6.45, 7) is 3.47. The molecular weight excluding hydrogens is 370 g/mol. The normalized spacial score (nSPS) is 5.00. The molecule has 0 saturated heterocycles. The molecule has 0 aromatic carbocycles. The molecule has 0 unspecified atom stereocenters. The molecule has 0 aliphatic rings. The van der Waals surface area contributed by atoms with Gasteiger partial charge in [-0.25, -0.2) is 0 Å². The second-order valence-electron chi connectivity index (χ2n) is 0.443. The number of rotatable bonds is 1. The Morgan fingerprint density at radius 3 is 2.00 bits per heavy atom. The third-order valence-electron chi connectivity index (χ3n) is 0.109. The monoisotopic (exact) mass is 378 g/mol. The van der Waals surface area contributed by atoms with Crippen LogP contribution in [0.4, 0.5) is 0 Å². The first kappa shape index (κ1) is 9.63. The van der Waals surface area contributed by atoms with E-state index in [-0.39, 0.29) is 27.3 Å². The molecule has 0 spiro atoms. The van der Waals surface area contributed by atoms with Gasteiger partial charge in [0, 0.05) is 4.43 Å².